The molecular weight excluding hydrogens is 276 g/mol. The van der Waals surface area contributed by atoms with Crippen LogP contribution in [0.15, 0.2) is 0 Å². The summed E-state index contributed by atoms with van der Waals surface area (Å²) in [7, 11) is 4.02. The summed E-state index contributed by atoms with van der Waals surface area (Å²) in [5.74, 6) is -1.58. The van der Waals surface area contributed by atoms with E-state index in [1.54, 1.807) is 0 Å². The normalized spacial score (nSPS) is 22.1. The van der Waals surface area contributed by atoms with E-state index >= 15 is 0 Å². The summed E-state index contributed by atoms with van der Waals surface area (Å²) < 4.78 is 0. The number of nitrogens with zero attached hydrogens (tertiary/aromatic N) is 3. The molecule has 1 spiro atoms. The van der Waals surface area contributed by atoms with Crippen LogP contribution in [0, 0.1) is 0 Å². The lowest BCUT2D eigenvalue weighted by Crippen LogP contribution is -2.55. The Bertz CT molecular complexity index is 443. The minimum absolute atomic E-state index is 0.401. The van der Waals surface area contributed by atoms with Gasteiger partial charge in [-0.2, -0.15) is 0 Å². The number of nitrogens with one attached hydrogen (secondary N) is 1. The highest BCUT2D eigenvalue weighted by molar-refractivity contribution is 6.08. The molecule has 0 aromatic carbocycles. The van der Waals surface area contributed by atoms with Gasteiger partial charge in [-0.05, 0) is 26.9 Å². The summed E-state index contributed by atoms with van der Waals surface area (Å²) in [6.45, 7) is 2.74. The highest BCUT2D eigenvalue weighted by atomic mass is 16.4. The highest BCUT2D eigenvalue weighted by Crippen LogP contribution is 2.29. The highest BCUT2D eigenvalue weighted by Gasteiger charge is 2.52. The van der Waals surface area contributed by atoms with E-state index in [-0.39, 0.29) is 0 Å². The van der Waals surface area contributed by atoms with E-state index in [2.05, 4.69) is 15.1 Å². The average molecular weight is 298 g/mol. The molecule has 8 nitrogen and oxygen atoms in total. The predicted octanol–water partition coefficient (Wildman–Crippen LogP) is -0.981. The number of amides is 3. The van der Waals surface area contributed by atoms with Gasteiger partial charge in [0, 0.05) is 26.2 Å². The summed E-state index contributed by atoms with van der Waals surface area (Å²) in [5.41, 5.74) is -0.902. The number of carbonyl (C=O) groups excluding carboxylic acids is 2. The second-order valence-corrected chi connectivity index (χ2v) is 5.94. The standard InChI is InChI=1S/C13H22N4O4/c1-15(2)7-8-16-5-3-13(4-6-16)11(20)17(9-10(18)19)12(21)14-13/h3-9H2,1-2H3,(H,14,21)(H,18,19). The Morgan fingerprint density at radius 2 is 1.95 bits per heavy atom. The zero-order valence-corrected chi connectivity index (χ0v) is 12.5. The number of aliphatic carboxylic acids is 1. The number of carbonyl (C=O) groups is 3. The van der Waals surface area contributed by atoms with E-state index in [4.69, 9.17) is 5.11 Å². The van der Waals surface area contributed by atoms with Gasteiger partial charge in [0.05, 0.1) is 0 Å². The molecule has 3 amide bonds. The number of carboxylic acids is 1. The van der Waals surface area contributed by atoms with E-state index in [0.29, 0.717) is 12.8 Å². The maximum atomic E-state index is 12.4. The van der Waals surface area contributed by atoms with Crippen LogP contribution >= 0.6 is 0 Å². The number of hydrogen-bond donors (Lipinski definition) is 2. The fraction of sp³-hybridized carbons (Fsp3) is 0.769. The van der Waals surface area contributed by atoms with Gasteiger partial charge >= 0.3 is 12.0 Å². The Balaban J connectivity index is 1.95. The molecule has 2 aliphatic heterocycles. The van der Waals surface area contributed by atoms with Crippen LogP contribution in [0.2, 0.25) is 0 Å². The van der Waals surface area contributed by atoms with Gasteiger partial charge in [-0.25, -0.2) is 4.79 Å². The van der Waals surface area contributed by atoms with Crippen LogP contribution in [0.5, 0.6) is 0 Å². The molecule has 21 heavy (non-hydrogen) atoms. The summed E-state index contributed by atoms with van der Waals surface area (Å²) in [6, 6.07) is -0.593. The number of likely N-dealkylation sites (N-methyl/N-ethyl adjacent to an activating group) is 1. The molecule has 2 saturated heterocycles. The average Bonchev–Trinajstić information content (AvgIpc) is 2.62. The van der Waals surface area contributed by atoms with Gasteiger partial charge in [-0.15, -0.1) is 0 Å². The number of rotatable bonds is 5. The first-order chi connectivity index (χ1) is 9.84. The first-order valence-corrected chi connectivity index (χ1v) is 7.07. The molecule has 2 fully saturated rings. The van der Waals surface area contributed by atoms with E-state index in [1.165, 1.54) is 0 Å². The summed E-state index contributed by atoms with van der Waals surface area (Å²) in [5, 5.41) is 11.5. The van der Waals surface area contributed by atoms with Crippen molar-refractivity contribution in [3.8, 4) is 0 Å². The van der Waals surface area contributed by atoms with Crippen molar-refractivity contribution in [2.24, 2.45) is 0 Å². The molecule has 0 saturated carbocycles. The number of urea groups is 1. The molecule has 0 radical (unpaired) electrons. The molecule has 0 aliphatic carbocycles. The molecule has 0 unspecified atom stereocenters. The van der Waals surface area contributed by atoms with Crippen molar-refractivity contribution in [3.05, 3.63) is 0 Å². The lowest BCUT2D eigenvalue weighted by atomic mass is 9.87. The second-order valence-electron chi connectivity index (χ2n) is 5.94. The van der Waals surface area contributed by atoms with Crippen LogP contribution in [-0.2, 0) is 9.59 Å². The molecule has 2 aliphatic rings. The number of imide groups is 1. The van der Waals surface area contributed by atoms with Crippen molar-refractivity contribution >= 4 is 17.9 Å². The van der Waals surface area contributed by atoms with Crippen LogP contribution in [0.4, 0.5) is 4.79 Å². The molecule has 2 N–H and O–H groups in total. The topological polar surface area (TPSA) is 93.2 Å². The lowest BCUT2D eigenvalue weighted by Gasteiger charge is -2.37. The molecule has 2 rings (SSSR count). The van der Waals surface area contributed by atoms with Gasteiger partial charge in [0.2, 0.25) is 0 Å². The van der Waals surface area contributed by atoms with E-state index in [9.17, 15) is 14.4 Å². The second kappa shape index (κ2) is 5.98. The predicted molar refractivity (Wildman–Crippen MR) is 74.8 cm³/mol. The van der Waals surface area contributed by atoms with Gasteiger partial charge in [0.25, 0.3) is 5.91 Å². The summed E-state index contributed by atoms with van der Waals surface area (Å²) >= 11 is 0. The maximum Gasteiger partial charge on any atom is 0.325 e. The van der Waals surface area contributed by atoms with Gasteiger partial charge < -0.3 is 20.2 Å². The van der Waals surface area contributed by atoms with E-state index in [1.807, 2.05) is 14.1 Å². The number of piperidine rings is 1. The van der Waals surface area contributed by atoms with Crippen LogP contribution in [0.25, 0.3) is 0 Å². The monoisotopic (exact) mass is 298 g/mol. The van der Waals surface area contributed by atoms with Crippen LogP contribution < -0.4 is 5.32 Å². The molecular formula is C13H22N4O4. The zero-order valence-electron chi connectivity index (χ0n) is 12.5. The third kappa shape index (κ3) is 3.33. The SMILES string of the molecule is CN(C)CCN1CCC2(CC1)NC(=O)N(CC(=O)O)C2=O. The minimum atomic E-state index is -1.18. The zero-order chi connectivity index (χ0) is 15.6. The maximum absolute atomic E-state index is 12.4. The third-order valence-corrected chi connectivity index (χ3v) is 4.11. The molecule has 0 atom stereocenters. The Morgan fingerprint density at radius 3 is 2.48 bits per heavy atom. The molecule has 2 heterocycles. The van der Waals surface area contributed by atoms with Crippen molar-refractivity contribution in [2.45, 2.75) is 18.4 Å². The van der Waals surface area contributed by atoms with E-state index in [0.717, 1.165) is 31.1 Å². The molecule has 8 heteroatoms. The van der Waals surface area contributed by atoms with Gasteiger partial charge in [0.1, 0.15) is 12.1 Å². The quantitative estimate of drug-likeness (QED) is 0.634. The fourth-order valence-electron chi connectivity index (χ4n) is 2.79. The smallest absolute Gasteiger partial charge is 0.325 e. The Morgan fingerprint density at radius 1 is 1.33 bits per heavy atom. The van der Waals surface area contributed by atoms with Crippen molar-refractivity contribution in [1.29, 1.82) is 0 Å². The van der Waals surface area contributed by atoms with Crippen molar-refractivity contribution < 1.29 is 19.5 Å². The molecule has 0 aromatic heterocycles. The van der Waals surface area contributed by atoms with Gasteiger partial charge in [-0.3, -0.25) is 14.5 Å². The van der Waals surface area contributed by atoms with Gasteiger partial charge in [-0.1, -0.05) is 0 Å². The van der Waals surface area contributed by atoms with Crippen LogP contribution in [0.1, 0.15) is 12.8 Å². The minimum Gasteiger partial charge on any atom is -0.480 e. The van der Waals surface area contributed by atoms with Crippen molar-refractivity contribution in [2.75, 3.05) is 46.8 Å². The lowest BCUT2D eigenvalue weighted by molar-refractivity contribution is -0.143. The molecule has 0 aromatic rings. The van der Waals surface area contributed by atoms with E-state index < -0.39 is 30.0 Å². The first kappa shape index (κ1) is 15.7. The summed E-state index contributed by atoms with van der Waals surface area (Å²) in [4.78, 5) is 40.0. The van der Waals surface area contributed by atoms with Crippen LogP contribution in [0.3, 0.4) is 0 Å². The molecule has 0 bridgehead atoms. The Labute approximate surface area is 123 Å². The fourth-order valence-corrected chi connectivity index (χ4v) is 2.79. The van der Waals surface area contributed by atoms with Crippen molar-refractivity contribution in [1.82, 2.24) is 20.0 Å². The first-order valence-electron chi connectivity index (χ1n) is 7.07. The Hall–Kier alpha value is -1.67. The number of likely N-dealkylation sites (tertiary alicyclic amines) is 1. The van der Waals surface area contributed by atoms with Crippen LogP contribution in [-0.4, -0.2) is 90.1 Å². The van der Waals surface area contributed by atoms with Crippen molar-refractivity contribution in [3.63, 3.8) is 0 Å². The summed E-state index contributed by atoms with van der Waals surface area (Å²) in [6.07, 6.45) is 1.06. The Kier molecular flexibility index (Phi) is 4.48. The number of carboxylic acid groups (broad SMARTS) is 1. The largest absolute Gasteiger partial charge is 0.480 e. The molecule has 118 valence electrons. The van der Waals surface area contributed by atoms with Gasteiger partial charge in [0.15, 0.2) is 0 Å². The third-order valence-electron chi connectivity index (χ3n) is 4.11. The number of hydrogen-bond acceptors (Lipinski definition) is 5.